The van der Waals surface area contributed by atoms with Crippen molar-refractivity contribution in [2.24, 2.45) is 5.92 Å². The average molecular weight is 335 g/mol. The van der Waals surface area contributed by atoms with Gasteiger partial charge in [0.1, 0.15) is 6.04 Å². The second kappa shape index (κ2) is 8.49. The number of rotatable bonds is 8. The van der Waals surface area contributed by atoms with Gasteiger partial charge in [-0.25, -0.2) is 0 Å². The van der Waals surface area contributed by atoms with Gasteiger partial charge in [-0.3, -0.25) is 0 Å². The van der Waals surface area contributed by atoms with E-state index in [0.717, 1.165) is 16.9 Å². The minimum absolute atomic E-state index is 0.572. The molecule has 0 saturated heterocycles. The number of hydrogen-bond acceptors (Lipinski definition) is 0. The first kappa shape index (κ1) is 17.9. The summed E-state index contributed by atoms with van der Waals surface area (Å²) in [6, 6.07) is 22.4. The molecule has 0 N–H and O–H groups in total. The van der Waals surface area contributed by atoms with Crippen LogP contribution < -0.4 is 0 Å². The normalized spacial score (nSPS) is 18.6. The van der Waals surface area contributed by atoms with Crippen molar-refractivity contribution in [2.75, 3.05) is 20.1 Å². The molecule has 0 aliphatic heterocycles. The Morgan fingerprint density at radius 3 is 2.20 bits per heavy atom. The summed E-state index contributed by atoms with van der Waals surface area (Å²) in [4.78, 5) is 0. The van der Waals surface area contributed by atoms with Crippen LogP contribution in [-0.2, 0) is 0 Å². The molecule has 0 heterocycles. The molecule has 2 atom stereocenters. The Bertz CT molecular complexity index is 657. The Kier molecular flexibility index (Phi) is 6.09. The highest BCUT2D eigenvalue weighted by atomic mass is 15.4. The molecule has 1 aliphatic carbocycles. The van der Waals surface area contributed by atoms with Crippen LogP contribution in [0.25, 0.3) is 6.08 Å². The van der Waals surface area contributed by atoms with E-state index in [0.29, 0.717) is 6.04 Å². The summed E-state index contributed by atoms with van der Waals surface area (Å²) in [5.41, 5.74) is 2.78. The lowest BCUT2D eigenvalue weighted by Gasteiger charge is -2.45. The van der Waals surface area contributed by atoms with Crippen molar-refractivity contribution in [3.8, 4) is 0 Å². The Hall–Kier alpha value is -1.86. The van der Waals surface area contributed by atoms with Gasteiger partial charge in [0.05, 0.1) is 20.1 Å². The smallest absolute Gasteiger partial charge is 0.114 e. The molecular formula is C24H32N+. The second-order valence-electron chi connectivity index (χ2n) is 7.79. The standard InChI is InChI=1S/C24H32N/c1-3-24(23-17-8-5-9-18-23)25(2,20-22-14-10-15-22)19-11-16-21-12-6-4-7-13-21/h4-9,11-13,16-18,22,24H,3,10,14-15,19-20H2,1-2H3/q+1. The van der Waals surface area contributed by atoms with Crippen molar-refractivity contribution in [1.82, 2.24) is 0 Å². The van der Waals surface area contributed by atoms with E-state index in [1.165, 1.54) is 43.4 Å². The van der Waals surface area contributed by atoms with Gasteiger partial charge in [-0.05, 0) is 24.5 Å². The first-order chi connectivity index (χ1) is 12.2. The third-order valence-electron chi connectivity index (χ3n) is 5.86. The van der Waals surface area contributed by atoms with Gasteiger partial charge < -0.3 is 4.48 Å². The van der Waals surface area contributed by atoms with E-state index >= 15 is 0 Å². The number of hydrogen-bond donors (Lipinski definition) is 0. The van der Waals surface area contributed by atoms with Crippen LogP contribution in [0, 0.1) is 5.92 Å². The quantitative estimate of drug-likeness (QED) is 0.512. The topological polar surface area (TPSA) is 0 Å². The highest BCUT2D eigenvalue weighted by Gasteiger charge is 2.36. The van der Waals surface area contributed by atoms with Crippen LogP contribution in [0.3, 0.4) is 0 Å². The lowest BCUT2D eigenvalue weighted by Crippen LogP contribution is -2.51. The third kappa shape index (κ3) is 4.61. The second-order valence-corrected chi connectivity index (χ2v) is 7.79. The molecule has 0 bridgehead atoms. The first-order valence-electron chi connectivity index (χ1n) is 9.82. The molecule has 1 nitrogen and oxygen atoms in total. The summed E-state index contributed by atoms with van der Waals surface area (Å²) in [5.74, 6) is 0.910. The number of benzene rings is 2. The molecule has 2 unspecified atom stereocenters. The maximum atomic E-state index is 2.47. The highest BCUT2D eigenvalue weighted by Crippen LogP contribution is 2.36. The van der Waals surface area contributed by atoms with Crippen LogP contribution in [0.5, 0.6) is 0 Å². The summed E-state index contributed by atoms with van der Waals surface area (Å²) in [5, 5.41) is 0. The zero-order valence-electron chi connectivity index (χ0n) is 15.8. The van der Waals surface area contributed by atoms with Crippen LogP contribution in [0.1, 0.15) is 49.8 Å². The van der Waals surface area contributed by atoms with E-state index < -0.39 is 0 Å². The summed E-state index contributed by atoms with van der Waals surface area (Å²) < 4.78 is 1.12. The highest BCUT2D eigenvalue weighted by molar-refractivity contribution is 5.48. The van der Waals surface area contributed by atoms with Gasteiger partial charge in [-0.1, -0.05) is 80.1 Å². The summed E-state index contributed by atoms with van der Waals surface area (Å²) >= 11 is 0. The molecule has 1 saturated carbocycles. The zero-order chi connectivity index (χ0) is 17.5. The van der Waals surface area contributed by atoms with Crippen molar-refractivity contribution in [1.29, 1.82) is 0 Å². The average Bonchev–Trinajstić information content (AvgIpc) is 2.61. The molecule has 132 valence electrons. The van der Waals surface area contributed by atoms with E-state index in [4.69, 9.17) is 0 Å². The maximum Gasteiger partial charge on any atom is 0.114 e. The van der Waals surface area contributed by atoms with Crippen molar-refractivity contribution < 1.29 is 4.48 Å². The van der Waals surface area contributed by atoms with Gasteiger partial charge >= 0.3 is 0 Å². The minimum Gasteiger partial charge on any atom is -0.316 e. The van der Waals surface area contributed by atoms with Crippen LogP contribution in [-0.4, -0.2) is 24.6 Å². The van der Waals surface area contributed by atoms with Gasteiger partial charge in [0.15, 0.2) is 0 Å². The molecule has 3 rings (SSSR count). The van der Waals surface area contributed by atoms with Crippen LogP contribution in [0.4, 0.5) is 0 Å². The summed E-state index contributed by atoms with van der Waals surface area (Å²) in [6.07, 6.45) is 10.1. The monoisotopic (exact) mass is 334 g/mol. The predicted octanol–water partition coefficient (Wildman–Crippen LogP) is 6.10. The molecule has 1 heteroatoms. The Morgan fingerprint density at radius 1 is 1.00 bits per heavy atom. The lowest BCUT2D eigenvalue weighted by molar-refractivity contribution is -0.938. The van der Waals surface area contributed by atoms with Crippen molar-refractivity contribution in [3.63, 3.8) is 0 Å². The fraction of sp³-hybridized carbons (Fsp3) is 0.417. The van der Waals surface area contributed by atoms with Crippen LogP contribution >= 0.6 is 0 Å². The summed E-state index contributed by atoms with van der Waals surface area (Å²) in [6.45, 7) is 4.74. The molecule has 2 aromatic carbocycles. The van der Waals surface area contributed by atoms with Gasteiger partial charge in [0, 0.05) is 17.9 Å². The predicted molar refractivity (Wildman–Crippen MR) is 108 cm³/mol. The van der Waals surface area contributed by atoms with E-state index in [2.05, 4.69) is 86.8 Å². The van der Waals surface area contributed by atoms with Crippen LogP contribution in [0.15, 0.2) is 66.7 Å². The van der Waals surface area contributed by atoms with Gasteiger partial charge in [-0.2, -0.15) is 0 Å². The van der Waals surface area contributed by atoms with Crippen LogP contribution in [0.2, 0.25) is 0 Å². The van der Waals surface area contributed by atoms with E-state index in [1.54, 1.807) is 0 Å². The Morgan fingerprint density at radius 2 is 1.64 bits per heavy atom. The molecule has 0 amide bonds. The molecule has 1 aliphatic rings. The zero-order valence-corrected chi connectivity index (χ0v) is 15.8. The molecule has 25 heavy (non-hydrogen) atoms. The van der Waals surface area contributed by atoms with Gasteiger partial charge in [-0.15, -0.1) is 0 Å². The molecule has 1 fully saturated rings. The number of nitrogens with zero attached hydrogens (tertiary/aromatic N) is 1. The summed E-state index contributed by atoms with van der Waals surface area (Å²) in [7, 11) is 2.47. The van der Waals surface area contributed by atoms with E-state index in [9.17, 15) is 0 Å². The fourth-order valence-corrected chi connectivity index (χ4v) is 4.30. The minimum atomic E-state index is 0.572. The van der Waals surface area contributed by atoms with Gasteiger partial charge in [0.2, 0.25) is 0 Å². The molecule has 0 radical (unpaired) electrons. The molecule has 0 spiro atoms. The van der Waals surface area contributed by atoms with Gasteiger partial charge in [0.25, 0.3) is 0 Å². The third-order valence-corrected chi connectivity index (χ3v) is 5.86. The number of likely N-dealkylation sites (N-methyl/N-ethyl adjacent to an activating group) is 1. The molecular weight excluding hydrogens is 302 g/mol. The largest absolute Gasteiger partial charge is 0.316 e. The maximum absolute atomic E-state index is 2.47. The van der Waals surface area contributed by atoms with E-state index in [1.807, 2.05) is 0 Å². The first-order valence-corrected chi connectivity index (χ1v) is 9.82. The number of quaternary nitrogens is 1. The van der Waals surface area contributed by atoms with Crippen molar-refractivity contribution in [3.05, 3.63) is 77.9 Å². The fourth-order valence-electron chi connectivity index (χ4n) is 4.30. The van der Waals surface area contributed by atoms with Crippen molar-refractivity contribution in [2.45, 2.75) is 38.6 Å². The lowest BCUT2D eigenvalue weighted by atomic mass is 9.83. The van der Waals surface area contributed by atoms with E-state index in [-0.39, 0.29) is 0 Å². The van der Waals surface area contributed by atoms with Crippen molar-refractivity contribution >= 4 is 6.08 Å². The molecule has 2 aromatic rings. The Balaban J connectivity index is 1.80. The molecule has 0 aromatic heterocycles. The Labute approximate surface area is 153 Å². The SMILES string of the molecule is CCC(c1ccccc1)[N+](C)(CC=Cc1ccccc1)CC1CCC1.